The summed E-state index contributed by atoms with van der Waals surface area (Å²) in [5, 5.41) is 0. The van der Waals surface area contributed by atoms with Crippen LogP contribution in [0.15, 0.2) is 35.5 Å². The molecule has 2 nitrogen and oxygen atoms in total. The zero-order valence-corrected chi connectivity index (χ0v) is 11.3. The first kappa shape index (κ1) is 11.5. The van der Waals surface area contributed by atoms with Gasteiger partial charge in [0, 0.05) is 36.8 Å². The van der Waals surface area contributed by atoms with E-state index in [9.17, 15) is 4.79 Å². The third-order valence-electron chi connectivity index (χ3n) is 4.10. The van der Waals surface area contributed by atoms with Gasteiger partial charge in [-0.2, -0.15) is 0 Å². The van der Waals surface area contributed by atoms with Crippen LogP contribution in [0.5, 0.6) is 0 Å². The minimum Gasteiger partial charge on any atom is -0.348 e. The van der Waals surface area contributed by atoms with Gasteiger partial charge in [0.2, 0.25) is 0 Å². The summed E-state index contributed by atoms with van der Waals surface area (Å²) in [6.45, 7) is 4.37. The van der Waals surface area contributed by atoms with Gasteiger partial charge >= 0.3 is 0 Å². The Morgan fingerprint density at radius 3 is 2.67 bits per heavy atom. The average Bonchev–Trinajstić information content (AvgIpc) is 2.30. The number of hydrogen-bond acceptors (Lipinski definition) is 2. The molecule has 0 atom stereocenters. The molecular formula is C16H19NO. The van der Waals surface area contributed by atoms with Crippen LogP contribution >= 0.6 is 0 Å². The molecule has 3 rings (SSSR count). The van der Waals surface area contributed by atoms with Crippen molar-refractivity contribution in [2.24, 2.45) is 5.41 Å². The topological polar surface area (TPSA) is 20.3 Å². The molecule has 0 bridgehead atoms. The van der Waals surface area contributed by atoms with E-state index >= 15 is 0 Å². The minimum atomic E-state index is 0.0937. The molecule has 0 aromatic heterocycles. The molecule has 0 saturated carbocycles. The Kier molecular flexibility index (Phi) is 2.37. The van der Waals surface area contributed by atoms with Crippen molar-refractivity contribution in [2.45, 2.75) is 33.1 Å². The maximum absolute atomic E-state index is 12.3. The van der Waals surface area contributed by atoms with E-state index in [4.69, 9.17) is 0 Å². The van der Waals surface area contributed by atoms with Crippen molar-refractivity contribution in [3.05, 3.63) is 41.1 Å². The molecule has 1 heterocycles. The van der Waals surface area contributed by atoms with Crippen LogP contribution < -0.4 is 4.90 Å². The number of nitrogens with zero attached hydrogens (tertiary/aromatic N) is 1. The molecule has 1 aliphatic carbocycles. The Labute approximate surface area is 108 Å². The van der Waals surface area contributed by atoms with Crippen molar-refractivity contribution in [1.29, 1.82) is 0 Å². The van der Waals surface area contributed by atoms with Crippen LogP contribution in [-0.4, -0.2) is 12.8 Å². The minimum absolute atomic E-state index is 0.0937. The molecule has 2 heteroatoms. The summed E-state index contributed by atoms with van der Waals surface area (Å²) in [6.07, 6.45) is 2.49. The molecule has 94 valence electrons. The summed E-state index contributed by atoms with van der Waals surface area (Å²) in [6, 6.07) is 8.39. The van der Waals surface area contributed by atoms with E-state index in [1.165, 1.54) is 16.9 Å². The number of ketones is 1. The number of benzene rings is 1. The molecule has 0 spiro atoms. The highest BCUT2D eigenvalue weighted by Gasteiger charge is 2.36. The van der Waals surface area contributed by atoms with Crippen LogP contribution in [-0.2, 0) is 11.2 Å². The van der Waals surface area contributed by atoms with Crippen molar-refractivity contribution in [3.63, 3.8) is 0 Å². The van der Waals surface area contributed by atoms with Gasteiger partial charge in [0.25, 0.3) is 0 Å². The Morgan fingerprint density at radius 1 is 1.17 bits per heavy atom. The van der Waals surface area contributed by atoms with Gasteiger partial charge in [0.1, 0.15) is 0 Å². The SMILES string of the molecule is CN1C2=C(Cc3ccccc31)C(=O)CC(C)(C)C2. The van der Waals surface area contributed by atoms with Crippen molar-refractivity contribution in [3.8, 4) is 0 Å². The molecule has 1 aromatic rings. The molecule has 0 saturated heterocycles. The molecule has 0 N–H and O–H groups in total. The van der Waals surface area contributed by atoms with Gasteiger partial charge in [-0.1, -0.05) is 32.0 Å². The number of hydrogen-bond donors (Lipinski definition) is 0. The fourth-order valence-electron chi connectivity index (χ4n) is 3.17. The second kappa shape index (κ2) is 3.71. The number of para-hydroxylation sites is 1. The van der Waals surface area contributed by atoms with Crippen LogP contribution in [0.3, 0.4) is 0 Å². The van der Waals surface area contributed by atoms with Gasteiger partial charge in [0.05, 0.1) is 0 Å². The number of rotatable bonds is 0. The lowest BCUT2D eigenvalue weighted by Crippen LogP contribution is -2.36. The van der Waals surface area contributed by atoms with Crippen LogP contribution in [0.25, 0.3) is 0 Å². The summed E-state index contributed by atoms with van der Waals surface area (Å²) >= 11 is 0. The highest BCUT2D eigenvalue weighted by atomic mass is 16.1. The Morgan fingerprint density at radius 2 is 1.89 bits per heavy atom. The molecule has 0 unspecified atom stereocenters. The lowest BCUT2D eigenvalue weighted by atomic mass is 9.73. The summed E-state index contributed by atoms with van der Waals surface area (Å²) in [7, 11) is 2.09. The average molecular weight is 241 g/mol. The summed E-state index contributed by atoms with van der Waals surface area (Å²) in [4.78, 5) is 14.5. The highest BCUT2D eigenvalue weighted by Crippen LogP contribution is 2.43. The number of carbonyl (C=O) groups is 1. The quantitative estimate of drug-likeness (QED) is 0.694. The van der Waals surface area contributed by atoms with E-state index < -0.39 is 0 Å². The van der Waals surface area contributed by atoms with Crippen molar-refractivity contribution in [2.75, 3.05) is 11.9 Å². The first-order valence-corrected chi connectivity index (χ1v) is 6.55. The van der Waals surface area contributed by atoms with Gasteiger partial charge < -0.3 is 4.90 Å². The second-order valence-electron chi connectivity index (χ2n) is 6.23. The monoisotopic (exact) mass is 241 g/mol. The van der Waals surface area contributed by atoms with E-state index in [-0.39, 0.29) is 5.41 Å². The maximum Gasteiger partial charge on any atom is 0.161 e. The molecule has 1 aromatic carbocycles. The van der Waals surface area contributed by atoms with Gasteiger partial charge in [-0.25, -0.2) is 0 Å². The molecule has 1 aliphatic heterocycles. The first-order valence-electron chi connectivity index (χ1n) is 6.55. The predicted molar refractivity (Wildman–Crippen MR) is 73.6 cm³/mol. The van der Waals surface area contributed by atoms with Gasteiger partial charge in [-0.05, 0) is 23.5 Å². The Balaban J connectivity index is 2.10. The van der Waals surface area contributed by atoms with Gasteiger partial charge in [-0.3, -0.25) is 4.79 Å². The fraction of sp³-hybridized carbons (Fsp3) is 0.438. The normalized spacial score (nSPS) is 21.7. The summed E-state index contributed by atoms with van der Waals surface area (Å²) < 4.78 is 0. The van der Waals surface area contributed by atoms with Crippen LogP contribution in [0, 0.1) is 5.41 Å². The first-order chi connectivity index (χ1) is 8.48. The van der Waals surface area contributed by atoms with Crippen LogP contribution in [0.1, 0.15) is 32.3 Å². The standard InChI is InChI=1S/C16H19NO/c1-16(2)9-14-12(15(18)10-16)8-11-6-4-5-7-13(11)17(14)3/h4-7H,8-10H2,1-3H3. The maximum atomic E-state index is 12.3. The summed E-state index contributed by atoms with van der Waals surface area (Å²) in [5.74, 6) is 0.336. The molecule has 0 amide bonds. The number of carbonyl (C=O) groups excluding carboxylic acids is 1. The van der Waals surface area contributed by atoms with Crippen molar-refractivity contribution >= 4 is 11.5 Å². The highest BCUT2D eigenvalue weighted by molar-refractivity contribution is 5.99. The largest absolute Gasteiger partial charge is 0.348 e. The second-order valence-corrected chi connectivity index (χ2v) is 6.23. The lowest BCUT2D eigenvalue weighted by Gasteiger charge is -2.40. The van der Waals surface area contributed by atoms with E-state index in [1.54, 1.807) is 0 Å². The van der Waals surface area contributed by atoms with Crippen LogP contribution in [0.2, 0.25) is 0 Å². The number of fused-ring (bicyclic) bond motifs is 1. The molecule has 0 radical (unpaired) electrons. The zero-order valence-electron chi connectivity index (χ0n) is 11.3. The smallest absolute Gasteiger partial charge is 0.161 e. The Hall–Kier alpha value is -1.57. The number of allylic oxidation sites excluding steroid dienone is 2. The van der Waals surface area contributed by atoms with Crippen LogP contribution in [0.4, 0.5) is 5.69 Å². The lowest BCUT2D eigenvalue weighted by molar-refractivity contribution is -0.118. The molecule has 2 aliphatic rings. The van der Waals surface area contributed by atoms with E-state index in [1.807, 2.05) is 0 Å². The fourth-order valence-corrected chi connectivity index (χ4v) is 3.17. The molecule has 18 heavy (non-hydrogen) atoms. The van der Waals surface area contributed by atoms with Gasteiger partial charge in [0.15, 0.2) is 5.78 Å². The number of anilines is 1. The van der Waals surface area contributed by atoms with Crippen molar-refractivity contribution < 1.29 is 4.79 Å². The predicted octanol–water partition coefficient (Wildman–Crippen LogP) is 3.32. The van der Waals surface area contributed by atoms with E-state index in [0.29, 0.717) is 12.2 Å². The third kappa shape index (κ3) is 1.67. The Bertz CT molecular complexity index is 554. The molecular weight excluding hydrogens is 222 g/mol. The van der Waals surface area contributed by atoms with E-state index in [2.05, 4.69) is 50.1 Å². The third-order valence-corrected chi connectivity index (χ3v) is 4.10. The van der Waals surface area contributed by atoms with Crippen molar-refractivity contribution in [1.82, 2.24) is 0 Å². The molecule has 0 fully saturated rings. The van der Waals surface area contributed by atoms with Gasteiger partial charge in [-0.15, -0.1) is 0 Å². The summed E-state index contributed by atoms with van der Waals surface area (Å²) in [5.41, 5.74) is 4.88. The number of Topliss-reactive ketones (excluding diaryl/α,β-unsaturated/α-hetero) is 1. The van der Waals surface area contributed by atoms with E-state index in [0.717, 1.165) is 18.4 Å². The zero-order chi connectivity index (χ0) is 12.9.